The second-order valence-corrected chi connectivity index (χ2v) is 3.65. The third kappa shape index (κ3) is 9.49. The third-order valence-corrected chi connectivity index (χ3v) is 1.99. The summed E-state index contributed by atoms with van der Waals surface area (Å²) in [5, 5.41) is 0. The Morgan fingerprint density at radius 1 is 0.812 bits per heavy atom. The van der Waals surface area contributed by atoms with Gasteiger partial charge in [0.2, 0.25) is 0 Å². The van der Waals surface area contributed by atoms with E-state index in [0.717, 1.165) is 19.3 Å². The van der Waals surface area contributed by atoms with E-state index in [1.165, 1.54) is 0 Å². The van der Waals surface area contributed by atoms with E-state index in [1.54, 1.807) is 0 Å². The third-order valence-electron chi connectivity index (χ3n) is 1.99. The first kappa shape index (κ1) is 14.9. The highest BCUT2D eigenvalue weighted by Crippen LogP contribution is 2.01. The van der Waals surface area contributed by atoms with Crippen molar-refractivity contribution < 1.29 is 19.1 Å². The molecule has 0 amide bonds. The molecular formula is C12H22O4. The molecule has 16 heavy (non-hydrogen) atoms. The van der Waals surface area contributed by atoms with Crippen LogP contribution in [0, 0.1) is 0 Å². The zero-order valence-electron chi connectivity index (χ0n) is 10.3. The number of ether oxygens (including phenoxy) is 2. The highest BCUT2D eigenvalue weighted by atomic mass is 16.5. The van der Waals surface area contributed by atoms with Crippen LogP contribution in [-0.2, 0) is 19.1 Å². The summed E-state index contributed by atoms with van der Waals surface area (Å²) in [6, 6.07) is 0. The van der Waals surface area contributed by atoms with Gasteiger partial charge in [-0.15, -0.1) is 0 Å². The molecule has 0 aliphatic heterocycles. The molecule has 0 aromatic rings. The zero-order chi connectivity index (χ0) is 12.2. The molecule has 0 saturated heterocycles. The smallest absolute Gasteiger partial charge is 0.305 e. The van der Waals surface area contributed by atoms with Gasteiger partial charge < -0.3 is 9.47 Å². The van der Waals surface area contributed by atoms with Gasteiger partial charge in [-0.25, -0.2) is 0 Å². The van der Waals surface area contributed by atoms with Gasteiger partial charge in [0.05, 0.1) is 13.2 Å². The Bertz CT molecular complexity index is 201. The van der Waals surface area contributed by atoms with Crippen molar-refractivity contribution in [3.63, 3.8) is 0 Å². The Morgan fingerprint density at radius 2 is 1.38 bits per heavy atom. The van der Waals surface area contributed by atoms with Crippen molar-refractivity contribution in [1.29, 1.82) is 0 Å². The van der Waals surface area contributed by atoms with Crippen molar-refractivity contribution in [2.24, 2.45) is 0 Å². The van der Waals surface area contributed by atoms with Crippen LogP contribution in [0.2, 0.25) is 0 Å². The van der Waals surface area contributed by atoms with Gasteiger partial charge in [-0.1, -0.05) is 20.3 Å². The molecule has 94 valence electrons. The summed E-state index contributed by atoms with van der Waals surface area (Å²) < 4.78 is 9.83. The molecule has 0 radical (unpaired) electrons. The standard InChI is InChI=1S/C12H22O4/c1-3-5-10-16-12(14)8-6-7-11(13)15-9-4-2/h3-10H2,1-2H3. The Kier molecular flexibility index (Phi) is 9.76. The zero-order valence-corrected chi connectivity index (χ0v) is 10.3. The van der Waals surface area contributed by atoms with Gasteiger partial charge in [0, 0.05) is 12.8 Å². The van der Waals surface area contributed by atoms with Crippen molar-refractivity contribution >= 4 is 11.9 Å². The predicted octanol–water partition coefficient (Wildman–Crippen LogP) is 2.45. The molecule has 0 bridgehead atoms. The van der Waals surface area contributed by atoms with Gasteiger partial charge >= 0.3 is 11.9 Å². The van der Waals surface area contributed by atoms with Crippen molar-refractivity contribution in [2.45, 2.75) is 52.4 Å². The van der Waals surface area contributed by atoms with Crippen molar-refractivity contribution in [3.8, 4) is 0 Å². The van der Waals surface area contributed by atoms with Crippen LogP contribution >= 0.6 is 0 Å². The van der Waals surface area contributed by atoms with E-state index in [9.17, 15) is 9.59 Å². The minimum Gasteiger partial charge on any atom is -0.466 e. The largest absolute Gasteiger partial charge is 0.466 e. The maximum Gasteiger partial charge on any atom is 0.305 e. The Hall–Kier alpha value is -1.06. The van der Waals surface area contributed by atoms with E-state index < -0.39 is 0 Å². The summed E-state index contributed by atoms with van der Waals surface area (Å²) in [4.78, 5) is 22.2. The fourth-order valence-electron chi connectivity index (χ4n) is 1.07. The molecule has 0 heterocycles. The SMILES string of the molecule is CCCCOC(=O)CCCC(=O)OCCC. The Morgan fingerprint density at radius 3 is 1.88 bits per heavy atom. The number of carbonyl (C=O) groups excluding carboxylic acids is 2. The van der Waals surface area contributed by atoms with Gasteiger partial charge in [0.1, 0.15) is 0 Å². The van der Waals surface area contributed by atoms with Gasteiger partial charge in [-0.05, 0) is 19.3 Å². The van der Waals surface area contributed by atoms with Crippen LogP contribution in [0.15, 0.2) is 0 Å². The van der Waals surface area contributed by atoms with E-state index in [0.29, 0.717) is 32.5 Å². The summed E-state index contributed by atoms with van der Waals surface area (Å²) in [7, 11) is 0. The molecule has 0 saturated carbocycles. The monoisotopic (exact) mass is 230 g/mol. The lowest BCUT2D eigenvalue weighted by Gasteiger charge is -2.04. The van der Waals surface area contributed by atoms with Gasteiger partial charge in [0.25, 0.3) is 0 Å². The van der Waals surface area contributed by atoms with E-state index in [1.807, 2.05) is 13.8 Å². The molecule has 0 spiro atoms. The van der Waals surface area contributed by atoms with Crippen molar-refractivity contribution in [3.05, 3.63) is 0 Å². The van der Waals surface area contributed by atoms with Crippen LogP contribution in [0.5, 0.6) is 0 Å². The second-order valence-electron chi connectivity index (χ2n) is 3.65. The molecule has 0 atom stereocenters. The average Bonchev–Trinajstić information content (AvgIpc) is 2.26. The number of hydrogen-bond acceptors (Lipinski definition) is 4. The van der Waals surface area contributed by atoms with E-state index in [4.69, 9.17) is 9.47 Å². The molecule has 0 aromatic carbocycles. The number of rotatable bonds is 9. The lowest BCUT2D eigenvalue weighted by atomic mass is 10.2. The van der Waals surface area contributed by atoms with Crippen LogP contribution in [0.1, 0.15) is 52.4 Å². The first-order valence-corrected chi connectivity index (χ1v) is 6.02. The van der Waals surface area contributed by atoms with Crippen LogP contribution in [0.3, 0.4) is 0 Å². The summed E-state index contributed by atoms with van der Waals surface area (Å²) in [5.74, 6) is -0.458. The lowest BCUT2D eigenvalue weighted by Crippen LogP contribution is -2.09. The molecule has 0 aliphatic carbocycles. The quantitative estimate of drug-likeness (QED) is 0.451. The van der Waals surface area contributed by atoms with Crippen molar-refractivity contribution in [2.75, 3.05) is 13.2 Å². The number of hydrogen-bond donors (Lipinski definition) is 0. The van der Waals surface area contributed by atoms with Gasteiger partial charge in [-0.3, -0.25) is 9.59 Å². The highest BCUT2D eigenvalue weighted by Gasteiger charge is 2.06. The van der Waals surface area contributed by atoms with Gasteiger partial charge in [0.15, 0.2) is 0 Å². The maximum atomic E-state index is 11.1. The first-order valence-electron chi connectivity index (χ1n) is 6.02. The van der Waals surface area contributed by atoms with E-state index >= 15 is 0 Å². The highest BCUT2D eigenvalue weighted by molar-refractivity contribution is 5.72. The Labute approximate surface area is 97.3 Å². The summed E-state index contributed by atoms with van der Waals surface area (Å²) in [5.41, 5.74) is 0. The number of esters is 2. The first-order chi connectivity index (χ1) is 7.70. The normalized spacial score (nSPS) is 9.88. The fourth-order valence-corrected chi connectivity index (χ4v) is 1.07. The number of carbonyl (C=O) groups is 2. The van der Waals surface area contributed by atoms with Crippen LogP contribution in [0.4, 0.5) is 0 Å². The minimum absolute atomic E-state index is 0.225. The topological polar surface area (TPSA) is 52.6 Å². The summed E-state index contributed by atoms with van der Waals surface area (Å²) >= 11 is 0. The maximum absolute atomic E-state index is 11.1. The number of unbranched alkanes of at least 4 members (excludes halogenated alkanes) is 1. The molecule has 0 aromatic heterocycles. The molecule has 4 nitrogen and oxygen atoms in total. The van der Waals surface area contributed by atoms with Crippen LogP contribution < -0.4 is 0 Å². The van der Waals surface area contributed by atoms with Crippen LogP contribution in [0.25, 0.3) is 0 Å². The fraction of sp³-hybridized carbons (Fsp3) is 0.833. The Balaban J connectivity index is 3.36. The van der Waals surface area contributed by atoms with Crippen LogP contribution in [-0.4, -0.2) is 25.2 Å². The molecular weight excluding hydrogens is 208 g/mol. The van der Waals surface area contributed by atoms with Gasteiger partial charge in [-0.2, -0.15) is 0 Å². The van der Waals surface area contributed by atoms with Crippen molar-refractivity contribution in [1.82, 2.24) is 0 Å². The summed E-state index contributed by atoms with van der Waals surface area (Å²) in [6.45, 7) is 4.92. The molecule has 0 rings (SSSR count). The molecule has 4 heteroatoms. The molecule has 0 N–H and O–H groups in total. The second kappa shape index (κ2) is 10.5. The minimum atomic E-state index is -0.233. The molecule has 0 fully saturated rings. The predicted molar refractivity (Wildman–Crippen MR) is 61.0 cm³/mol. The van der Waals surface area contributed by atoms with E-state index in [-0.39, 0.29) is 11.9 Å². The molecule has 0 aliphatic rings. The summed E-state index contributed by atoms with van der Waals surface area (Å²) in [6.07, 6.45) is 3.83. The lowest BCUT2D eigenvalue weighted by molar-refractivity contribution is -0.145. The average molecular weight is 230 g/mol. The van der Waals surface area contributed by atoms with E-state index in [2.05, 4.69) is 0 Å². The molecule has 0 unspecified atom stereocenters.